The first-order valence-electron chi connectivity index (χ1n) is 6.48. The molecule has 1 aromatic rings. The van der Waals surface area contributed by atoms with Gasteiger partial charge in [-0.15, -0.1) is 35.3 Å². The molecule has 2 N–H and O–H groups in total. The van der Waals surface area contributed by atoms with Gasteiger partial charge < -0.3 is 10.6 Å². The van der Waals surface area contributed by atoms with Crippen molar-refractivity contribution in [3.63, 3.8) is 0 Å². The van der Waals surface area contributed by atoms with Crippen molar-refractivity contribution in [2.75, 3.05) is 13.6 Å². The van der Waals surface area contributed by atoms with Crippen molar-refractivity contribution in [3.8, 4) is 0 Å². The summed E-state index contributed by atoms with van der Waals surface area (Å²) >= 11 is 1.03. The molecule has 0 aliphatic heterocycles. The number of halogens is 4. The maximum absolute atomic E-state index is 12.4. The van der Waals surface area contributed by atoms with E-state index in [1.165, 1.54) is 6.42 Å². The van der Waals surface area contributed by atoms with E-state index in [4.69, 9.17) is 0 Å². The third-order valence-electron chi connectivity index (χ3n) is 3.14. The Kier molecular flexibility index (Phi) is 7.17. The molecule has 4 nitrogen and oxygen atoms in total. The van der Waals surface area contributed by atoms with Crippen molar-refractivity contribution in [1.29, 1.82) is 0 Å². The van der Waals surface area contributed by atoms with Crippen LogP contribution < -0.4 is 10.6 Å². The zero-order valence-corrected chi connectivity index (χ0v) is 14.7. The van der Waals surface area contributed by atoms with Gasteiger partial charge >= 0.3 is 6.18 Å². The lowest BCUT2D eigenvalue weighted by Gasteiger charge is -2.28. The Morgan fingerprint density at radius 3 is 2.67 bits per heavy atom. The molecule has 1 aliphatic carbocycles. The Balaban J connectivity index is 0.00000220. The fraction of sp³-hybridized carbons (Fsp3) is 0.667. The molecule has 1 saturated carbocycles. The van der Waals surface area contributed by atoms with Gasteiger partial charge in [-0.05, 0) is 19.3 Å². The van der Waals surface area contributed by atoms with Gasteiger partial charge in [0.2, 0.25) is 0 Å². The highest BCUT2D eigenvalue weighted by molar-refractivity contribution is 14.0. The summed E-state index contributed by atoms with van der Waals surface area (Å²) in [6.07, 6.45) is -0.394. The van der Waals surface area contributed by atoms with E-state index in [-0.39, 0.29) is 24.0 Å². The van der Waals surface area contributed by atoms with E-state index in [0.29, 0.717) is 30.0 Å². The number of hydrogen-bond acceptors (Lipinski definition) is 3. The predicted octanol–water partition coefficient (Wildman–Crippen LogP) is 3.04. The normalized spacial score (nSPS) is 16.1. The minimum Gasteiger partial charge on any atom is -0.356 e. The van der Waals surface area contributed by atoms with Crippen LogP contribution in [-0.4, -0.2) is 30.6 Å². The van der Waals surface area contributed by atoms with Crippen LogP contribution in [0.2, 0.25) is 0 Å². The van der Waals surface area contributed by atoms with Crippen LogP contribution in [0.5, 0.6) is 0 Å². The van der Waals surface area contributed by atoms with Crippen molar-refractivity contribution in [3.05, 3.63) is 16.1 Å². The van der Waals surface area contributed by atoms with Gasteiger partial charge in [-0.3, -0.25) is 4.99 Å². The largest absolute Gasteiger partial charge is 0.434 e. The molecular formula is C12H18F3IN4S. The van der Waals surface area contributed by atoms with Gasteiger partial charge in [0.15, 0.2) is 11.7 Å². The number of alkyl halides is 3. The fourth-order valence-electron chi connectivity index (χ4n) is 1.78. The van der Waals surface area contributed by atoms with Crippen LogP contribution >= 0.6 is 35.3 Å². The van der Waals surface area contributed by atoms with Gasteiger partial charge in [-0.25, -0.2) is 4.98 Å². The van der Waals surface area contributed by atoms with Gasteiger partial charge in [0, 0.05) is 31.4 Å². The van der Waals surface area contributed by atoms with Crippen LogP contribution in [0.15, 0.2) is 10.4 Å². The summed E-state index contributed by atoms with van der Waals surface area (Å²) in [6.45, 7) is 0.511. The third-order valence-corrected chi connectivity index (χ3v) is 4.05. The Bertz CT molecular complexity index is 471. The number of aliphatic imine (C=N–C) groups is 1. The lowest BCUT2D eigenvalue weighted by molar-refractivity contribution is -0.140. The summed E-state index contributed by atoms with van der Waals surface area (Å²) in [4.78, 5) is 7.67. The summed E-state index contributed by atoms with van der Waals surface area (Å²) in [6, 6.07) is 0.470. The minimum absolute atomic E-state index is 0. The first-order chi connectivity index (χ1) is 9.49. The Hall–Kier alpha value is -0.580. The van der Waals surface area contributed by atoms with Crippen molar-refractivity contribution in [1.82, 2.24) is 15.6 Å². The summed E-state index contributed by atoms with van der Waals surface area (Å²) in [7, 11) is 1.68. The molecule has 0 radical (unpaired) electrons. The van der Waals surface area contributed by atoms with Crippen LogP contribution in [0.3, 0.4) is 0 Å². The summed E-state index contributed by atoms with van der Waals surface area (Å²) in [5.41, 5.74) is -0.811. The van der Waals surface area contributed by atoms with E-state index in [2.05, 4.69) is 20.6 Å². The van der Waals surface area contributed by atoms with Crippen molar-refractivity contribution in [2.24, 2.45) is 4.99 Å². The molecule has 1 fully saturated rings. The Morgan fingerprint density at radius 1 is 1.48 bits per heavy atom. The van der Waals surface area contributed by atoms with E-state index < -0.39 is 11.9 Å². The van der Waals surface area contributed by atoms with Gasteiger partial charge in [-0.1, -0.05) is 0 Å². The monoisotopic (exact) mass is 434 g/mol. The zero-order valence-electron chi connectivity index (χ0n) is 11.5. The SMILES string of the molecule is CN=C(NCCc1nc(C(F)(F)F)cs1)NC1CCC1.I. The van der Waals surface area contributed by atoms with Crippen molar-refractivity contribution in [2.45, 2.75) is 37.9 Å². The molecule has 0 atom stereocenters. The number of hydrogen-bond donors (Lipinski definition) is 2. The van der Waals surface area contributed by atoms with Crippen LogP contribution in [0.4, 0.5) is 13.2 Å². The highest BCUT2D eigenvalue weighted by Crippen LogP contribution is 2.29. The third kappa shape index (κ3) is 5.61. The average Bonchev–Trinajstić information content (AvgIpc) is 2.79. The number of aromatic nitrogens is 1. The molecule has 0 spiro atoms. The number of guanidine groups is 1. The van der Waals surface area contributed by atoms with E-state index in [9.17, 15) is 13.2 Å². The van der Waals surface area contributed by atoms with Gasteiger partial charge in [0.05, 0.1) is 5.01 Å². The first-order valence-corrected chi connectivity index (χ1v) is 7.36. The predicted molar refractivity (Wildman–Crippen MR) is 88.4 cm³/mol. The number of thiazole rings is 1. The van der Waals surface area contributed by atoms with Gasteiger partial charge in [-0.2, -0.15) is 13.2 Å². The highest BCUT2D eigenvalue weighted by atomic mass is 127. The quantitative estimate of drug-likeness (QED) is 0.435. The molecule has 2 rings (SSSR count). The molecule has 1 heterocycles. The minimum atomic E-state index is -4.36. The van der Waals surface area contributed by atoms with Gasteiger partial charge in [0.25, 0.3) is 0 Å². The van der Waals surface area contributed by atoms with Gasteiger partial charge in [0.1, 0.15) is 0 Å². The summed E-state index contributed by atoms with van der Waals surface area (Å²) < 4.78 is 37.2. The van der Waals surface area contributed by atoms with Crippen LogP contribution in [0.25, 0.3) is 0 Å². The second-order valence-corrected chi connectivity index (χ2v) is 5.59. The zero-order chi connectivity index (χ0) is 14.6. The molecule has 21 heavy (non-hydrogen) atoms. The van der Waals surface area contributed by atoms with Crippen LogP contribution in [-0.2, 0) is 12.6 Å². The average molecular weight is 434 g/mol. The molecule has 9 heteroatoms. The van der Waals surface area contributed by atoms with E-state index in [1.807, 2.05) is 0 Å². The second-order valence-electron chi connectivity index (χ2n) is 4.65. The maximum atomic E-state index is 12.4. The Labute approximate surface area is 142 Å². The smallest absolute Gasteiger partial charge is 0.356 e. The molecular weight excluding hydrogens is 416 g/mol. The lowest BCUT2D eigenvalue weighted by Crippen LogP contribution is -2.46. The van der Waals surface area contributed by atoms with E-state index in [1.54, 1.807) is 7.05 Å². The molecule has 0 saturated heterocycles. The first kappa shape index (κ1) is 18.5. The standard InChI is InChI=1S/C12H17F3N4S.HI/c1-16-11(18-8-3-2-4-8)17-6-5-10-19-9(7-20-10)12(13,14)15;/h7-8H,2-6H2,1H3,(H2,16,17,18);1H. The van der Waals surface area contributed by atoms with E-state index >= 15 is 0 Å². The number of nitrogens with one attached hydrogen (secondary N) is 2. The van der Waals surface area contributed by atoms with Crippen LogP contribution in [0.1, 0.15) is 30.0 Å². The summed E-state index contributed by atoms with van der Waals surface area (Å²) in [5, 5.41) is 7.88. The second kappa shape index (κ2) is 8.16. The summed E-state index contributed by atoms with van der Waals surface area (Å²) in [5.74, 6) is 0.697. The maximum Gasteiger partial charge on any atom is 0.434 e. The molecule has 120 valence electrons. The molecule has 0 aromatic carbocycles. The highest BCUT2D eigenvalue weighted by Gasteiger charge is 2.33. The Morgan fingerprint density at radius 2 is 2.19 bits per heavy atom. The lowest BCUT2D eigenvalue weighted by atomic mass is 9.93. The molecule has 1 aliphatic rings. The van der Waals surface area contributed by atoms with Crippen LogP contribution in [0, 0.1) is 0 Å². The number of rotatable bonds is 4. The van der Waals surface area contributed by atoms with E-state index in [0.717, 1.165) is 29.6 Å². The van der Waals surface area contributed by atoms with Crippen molar-refractivity contribution >= 4 is 41.3 Å². The molecule has 0 unspecified atom stereocenters. The molecule has 1 aromatic heterocycles. The molecule has 0 amide bonds. The topological polar surface area (TPSA) is 49.3 Å². The fourth-order valence-corrected chi connectivity index (χ4v) is 2.59. The molecule has 0 bridgehead atoms. The van der Waals surface area contributed by atoms with Crippen molar-refractivity contribution < 1.29 is 13.2 Å². The number of nitrogens with zero attached hydrogens (tertiary/aromatic N) is 2.